The summed E-state index contributed by atoms with van der Waals surface area (Å²) < 4.78 is 5.64. The SMILES string of the molecule is CC[C@H](C)c1ccc(NC(=O)c2ccc(Br)o2)c(O)c1. The van der Waals surface area contributed by atoms with Gasteiger partial charge >= 0.3 is 0 Å². The van der Waals surface area contributed by atoms with Crippen LogP contribution in [0.5, 0.6) is 5.75 Å². The molecule has 1 heterocycles. The van der Waals surface area contributed by atoms with Gasteiger partial charge in [0.2, 0.25) is 0 Å². The second-order valence-corrected chi connectivity index (χ2v) is 5.43. The van der Waals surface area contributed by atoms with Crippen molar-refractivity contribution in [2.45, 2.75) is 26.2 Å². The second kappa shape index (κ2) is 6.13. The molecule has 5 heteroatoms. The molecule has 0 saturated heterocycles. The number of hydrogen-bond donors (Lipinski definition) is 2. The van der Waals surface area contributed by atoms with Crippen LogP contribution in [-0.2, 0) is 0 Å². The van der Waals surface area contributed by atoms with E-state index in [1.54, 1.807) is 24.3 Å². The number of phenolic OH excluding ortho intramolecular Hbond substituents is 1. The van der Waals surface area contributed by atoms with Gasteiger partial charge in [-0.05, 0) is 58.1 Å². The third-order valence-corrected chi connectivity index (χ3v) is 3.67. The number of nitrogens with one attached hydrogen (secondary N) is 1. The van der Waals surface area contributed by atoms with Crippen LogP contribution in [0.3, 0.4) is 0 Å². The van der Waals surface area contributed by atoms with E-state index >= 15 is 0 Å². The van der Waals surface area contributed by atoms with E-state index in [2.05, 4.69) is 35.1 Å². The summed E-state index contributed by atoms with van der Waals surface area (Å²) in [6, 6.07) is 8.49. The maximum absolute atomic E-state index is 11.9. The average Bonchev–Trinajstić information content (AvgIpc) is 2.86. The van der Waals surface area contributed by atoms with Crippen LogP contribution in [0.4, 0.5) is 5.69 Å². The van der Waals surface area contributed by atoms with Crippen molar-refractivity contribution in [2.75, 3.05) is 5.32 Å². The Balaban J connectivity index is 2.16. The van der Waals surface area contributed by atoms with E-state index in [0.717, 1.165) is 12.0 Å². The molecule has 0 aliphatic rings. The Hall–Kier alpha value is -1.75. The van der Waals surface area contributed by atoms with E-state index in [0.29, 0.717) is 16.3 Å². The van der Waals surface area contributed by atoms with Gasteiger partial charge in [-0.25, -0.2) is 0 Å². The minimum atomic E-state index is -0.401. The second-order valence-electron chi connectivity index (χ2n) is 4.64. The number of halogens is 1. The van der Waals surface area contributed by atoms with Crippen LogP contribution in [0.15, 0.2) is 39.4 Å². The van der Waals surface area contributed by atoms with E-state index in [1.165, 1.54) is 0 Å². The van der Waals surface area contributed by atoms with Crippen LogP contribution < -0.4 is 5.32 Å². The summed E-state index contributed by atoms with van der Waals surface area (Å²) in [5, 5.41) is 12.6. The van der Waals surface area contributed by atoms with Crippen molar-refractivity contribution in [1.82, 2.24) is 0 Å². The molecule has 1 amide bonds. The quantitative estimate of drug-likeness (QED) is 0.806. The molecule has 0 saturated carbocycles. The third-order valence-electron chi connectivity index (χ3n) is 3.25. The molecule has 2 N–H and O–H groups in total. The lowest BCUT2D eigenvalue weighted by Gasteiger charge is -2.12. The van der Waals surface area contributed by atoms with Crippen molar-refractivity contribution < 1.29 is 14.3 Å². The Morgan fingerprint density at radius 1 is 1.40 bits per heavy atom. The van der Waals surface area contributed by atoms with Gasteiger partial charge in [0.1, 0.15) is 5.75 Å². The molecular weight excluding hydrogens is 322 g/mol. The molecule has 1 atom stereocenters. The van der Waals surface area contributed by atoms with Crippen LogP contribution in [0.25, 0.3) is 0 Å². The Morgan fingerprint density at radius 3 is 2.70 bits per heavy atom. The zero-order valence-corrected chi connectivity index (χ0v) is 12.9. The van der Waals surface area contributed by atoms with E-state index in [9.17, 15) is 9.90 Å². The highest BCUT2D eigenvalue weighted by Gasteiger charge is 2.13. The number of benzene rings is 1. The van der Waals surface area contributed by atoms with Gasteiger partial charge in [-0.2, -0.15) is 0 Å². The van der Waals surface area contributed by atoms with Gasteiger partial charge in [0.25, 0.3) is 5.91 Å². The van der Waals surface area contributed by atoms with E-state index in [-0.39, 0.29) is 11.5 Å². The predicted molar refractivity (Wildman–Crippen MR) is 81.2 cm³/mol. The standard InChI is InChI=1S/C15H16BrNO3/c1-3-9(2)10-4-5-11(12(18)8-10)17-15(19)13-6-7-14(16)20-13/h4-9,18H,3H2,1-2H3,(H,17,19)/t9-/m0/s1. The highest BCUT2D eigenvalue weighted by atomic mass is 79.9. The Bertz CT molecular complexity index is 621. The molecule has 0 radical (unpaired) electrons. The fraction of sp³-hybridized carbons (Fsp3) is 0.267. The summed E-state index contributed by atoms with van der Waals surface area (Å²) in [6.45, 7) is 4.18. The number of hydrogen-bond acceptors (Lipinski definition) is 3. The smallest absolute Gasteiger partial charge is 0.291 e. The van der Waals surface area contributed by atoms with Crippen molar-refractivity contribution in [3.05, 3.63) is 46.3 Å². The fourth-order valence-electron chi connectivity index (χ4n) is 1.82. The molecule has 0 fully saturated rings. The van der Waals surface area contributed by atoms with Crippen molar-refractivity contribution in [2.24, 2.45) is 0 Å². The first-order valence-electron chi connectivity index (χ1n) is 6.41. The summed E-state index contributed by atoms with van der Waals surface area (Å²) in [7, 11) is 0. The number of phenols is 1. The molecule has 0 aliphatic carbocycles. The van der Waals surface area contributed by atoms with Gasteiger partial charge in [0, 0.05) is 0 Å². The van der Waals surface area contributed by atoms with Crippen molar-refractivity contribution >= 4 is 27.5 Å². The number of carbonyl (C=O) groups excluding carboxylic acids is 1. The Kier molecular flexibility index (Phi) is 4.49. The van der Waals surface area contributed by atoms with Gasteiger partial charge < -0.3 is 14.8 Å². The lowest BCUT2D eigenvalue weighted by molar-refractivity contribution is 0.0995. The number of rotatable bonds is 4. The van der Waals surface area contributed by atoms with E-state index < -0.39 is 5.91 Å². The van der Waals surface area contributed by atoms with Gasteiger partial charge in [-0.15, -0.1) is 0 Å². The number of anilines is 1. The zero-order valence-electron chi connectivity index (χ0n) is 11.3. The lowest BCUT2D eigenvalue weighted by atomic mass is 9.98. The van der Waals surface area contributed by atoms with Crippen LogP contribution >= 0.6 is 15.9 Å². The first-order chi connectivity index (χ1) is 9.51. The molecule has 0 unspecified atom stereocenters. The minimum absolute atomic E-state index is 0.0572. The Morgan fingerprint density at radius 2 is 2.15 bits per heavy atom. The zero-order chi connectivity index (χ0) is 14.7. The van der Waals surface area contributed by atoms with Crippen molar-refractivity contribution in [1.29, 1.82) is 0 Å². The summed E-state index contributed by atoms with van der Waals surface area (Å²) >= 11 is 3.14. The first-order valence-corrected chi connectivity index (χ1v) is 7.20. The molecule has 106 valence electrons. The molecule has 0 spiro atoms. The molecule has 1 aromatic heterocycles. The number of aromatic hydroxyl groups is 1. The van der Waals surface area contributed by atoms with Gasteiger partial charge in [-0.1, -0.05) is 19.9 Å². The van der Waals surface area contributed by atoms with Crippen LogP contribution in [0.2, 0.25) is 0 Å². The van der Waals surface area contributed by atoms with Gasteiger partial charge in [0.15, 0.2) is 10.4 Å². The molecule has 0 aliphatic heterocycles. The highest BCUT2D eigenvalue weighted by Crippen LogP contribution is 2.29. The molecule has 2 rings (SSSR count). The van der Waals surface area contributed by atoms with Crippen LogP contribution in [0.1, 0.15) is 42.3 Å². The van der Waals surface area contributed by atoms with Gasteiger partial charge in [-0.3, -0.25) is 4.79 Å². The topological polar surface area (TPSA) is 62.5 Å². The van der Waals surface area contributed by atoms with Crippen LogP contribution in [-0.4, -0.2) is 11.0 Å². The number of furan rings is 1. The Labute approximate surface area is 125 Å². The predicted octanol–water partition coefficient (Wildman–Crippen LogP) is 4.51. The summed E-state index contributed by atoms with van der Waals surface area (Å²) in [5.41, 5.74) is 1.42. The summed E-state index contributed by atoms with van der Waals surface area (Å²) in [5.74, 6) is 0.207. The molecular formula is C15H16BrNO3. The number of carbonyl (C=O) groups is 1. The first kappa shape index (κ1) is 14.7. The molecule has 1 aromatic carbocycles. The molecule has 20 heavy (non-hydrogen) atoms. The third kappa shape index (κ3) is 3.22. The average molecular weight is 338 g/mol. The highest BCUT2D eigenvalue weighted by molar-refractivity contribution is 9.10. The normalized spacial score (nSPS) is 12.2. The van der Waals surface area contributed by atoms with Crippen molar-refractivity contribution in [3.8, 4) is 5.75 Å². The molecule has 2 aromatic rings. The lowest BCUT2D eigenvalue weighted by Crippen LogP contribution is -2.11. The molecule has 4 nitrogen and oxygen atoms in total. The van der Waals surface area contributed by atoms with Crippen LogP contribution in [0, 0.1) is 0 Å². The van der Waals surface area contributed by atoms with E-state index in [4.69, 9.17) is 4.42 Å². The monoisotopic (exact) mass is 337 g/mol. The minimum Gasteiger partial charge on any atom is -0.506 e. The molecule has 0 bridgehead atoms. The summed E-state index contributed by atoms with van der Waals surface area (Å²) in [4.78, 5) is 11.9. The van der Waals surface area contributed by atoms with E-state index in [1.807, 2.05) is 6.07 Å². The maximum atomic E-state index is 11.9. The summed E-state index contributed by atoms with van der Waals surface area (Å²) in [6.07, 6.45) is 0.992. The van der Waals surface area contributed by atoms with Crippen molar-refractivity contribution in [3.63, 3.8) is 0 Å². The number of amides is 1. The maximum Gasteiger partial charge on any atom is 0.291 e. The fourth-order valence-corrected chi connectivity index (χ4v) is 2.12. The largest absolute Gasteiger partial charge is 0.506 e. The van der Waals surface area contributed by atoms with Gasteiger partial charge in [0.05, 0.1) is 5.69 Å².